The highest BCUT2D eigenvalue weighted by Crippen LogP contribution is 2.35. The van der Waals surface area contributed by atoms with E-state index in [-0.39, 0.29) is 24.2 Å². The van der Waals surface area contributed by atoms with E-state index in [1.807, 2.05) is 18.2 Å². The number of likely N-dealkylation sites (tertiary alicyclic amines) is 1. The van der Waals surface area contributed by atoms with E-state index in [0.717, 1.165) is 49.7 Å². The van der Waals surface area contributed by atoms with Crippen LogP contribution in [0.25, 0.3) is 0 Å². The number of nitrogens with zero attached hydrogens (tertiary/aromatic N) is 2. The Balaban J connectivity index is 1.46. The molecule has 0 unspecified atom stereocenters. The lowest BCUT2D eigenvalue weighted by Gasteiger charge is -2.37. The number of ether oxygens (including phenoxy) is 1. The van der Waals surface area contributed by atoms with Crippen molar-refractivity contribution in [3.8, 4) is 5.75 Å². The number of carbonyl (C=O) groups excluding carboxylic acids is 1. The summed E-state index contributed by atoms with van der Waals surface area (Å²) in [6.07, 6.45) is 2.49. The summed E-state index contributed by atoms with van der Waals surface area (Å²) in [7, 11) is 2.05. The van der Waals surface area contributed by atoms with Crippen molar-refractivity contribution >= 4 is 6.03 Å². The van der Waals surface area contributed by atoms with E-state index in [9.17, 15) is 13.6 Å². The van der Waals surface area contributed by atoms with Crippen molar-refractivity contribution in [3.05, 3.63) is 64.7 Å². The molecule has 2 amide bonds. The molecule has 0 saturated carbocycles. The highest BCUT2D eigenvalue weighted by atomic mass is 19.1. The van der Waals surface area contributed by atoms with Gasteiger partial charge in [0.05, 0.1) is 6.54 Å². The molecule has 0 radical (unpaired) electrons. The third-order valence-electron chi connectivity index (χ3n) is 6.32. The SMILES string of the molecule is CN1CCC(N(Cc2ccc(F)cc2F)C(=O)NCc2ccc3c(c2)OC(C)(C)C3)CC1. The lowest BCUT2D eigenvalue weighted by molar-refractivity contribution is 0.126. The molecule has 0 aromatic heterocycles. The van der Waals surface area contributed by atoms with Crippen molar-refractivity contribution < 1.29 is 18.3 Å². The van der Waals surface area contributed by atoms with Gasteiger partial charge in [0.2, 0.25) is 0 Å². The lowest BCUT2D eigenvalue weighted by atomic mass is 10.0. The Hall–Kier alpha value is -2.67. The minimum absolute atomic E-state index is 0.000179. The molecule has 1 saturated heterocycles. The van der Waals surface area contributed by atoms with Gasteiger partial charge in [-0.3, -0.25) is 0 Å². The zero-order chi connectivity index (χ0) is 22.9. The molecule has 1 N–H and O–H groups in total. The van der Waals surface area contributed by atoms with Crippen molar-refractivity contribution in [1.82, 2.24) is 15.1 Å². The molecule has 0 bridgehead atoms. The second-order valence-corrected chi connectivity index (χ2v) is 9.54. The Kier molecular flexibility index (Phi) is 6.38. The first-order chi connectivity index (χ1) is 15.2. The van der Waals surface area contributed by atoms with Crippen LogP contribution in [-0.2, 0) is 19.5 Å². The number of halogens is 2. The summed E-state index contributed by atoms with van der Waals surface area (Å²) in [6, 6.07) is 9.30. The van der Waals surface area contributed by atoms with E-state index in [4.69, 9.17) is 4.74 Å². The van der Waals surface area contributed by atoms with Crippen molar-refractivity contribution in [2.45, 2.75) is 57.8 Å². The second-order valence-electron chi connectivity index (χ2n) is 9.54. The van der Waals surface area contributed by atoms with Gasteiger partial charge >= 0.3 is 6.03 Å². The number of nitrogens with one attached hydrogen (secondary N) is 1. The molecule has 4 rings (SSSR count). The summed E-state index contributed by atoms with van der Waals surface area (Å²) in [5, 5.41) is 2.99. The van der Waals surface area contributed by atoms with Crippen LogP contribution in [0.4, 0.5) is 13.6 Å². The average Bonchev–Trinajstić information content (AvgIpc) is 3.05. The maximum absolute atomic E-state index is 14.3. The zero-order valence-corrected chi connectivity index (χ0v) is 19.0. The van der Waals surface area contributed by atoms with Crippen molar-refractivity contribution in [2.24, 2.45) is 0 Å². The molecule has 2 heterocycles. The number of rotatable bonds is 5. The van der Waals surface area contributed by atoms with Gasteiger partial charge in [-0.2, -0.15) is 0 Å². The third kappa shape index (κ3) is 5.21. The molecule has 7 heteroatoms. The minimum atomic E-state index is -0.630. The first-order valence-corrected chi connectivity index (χ1v) is 11.2. The number of carbonyl (C=O) groups is 1. The fourth-order valence-corrected chi connectivity index (χ4v) is 4.53. The monoisotopic (exact) mass is 443 g/mol. The van der Waals surface area contributed by atoms with Gasteiger partial charge in [-0.05, 0) is 70.1 Å². The Morgan fingerprint density at radius 3 is 2.66 bits per heavy atom. The number of urea groups is 1. The molecule has 32 heavy (non-hydrogen) atoms. The molecule has 2 aliphatic heterocycles. The molecule has 2 aliphatic rings. The molecule has 0 spiro atoms. The third-order valence-corrected chi connectivity index (χ3v) is 6.32. The second kappa shape index (κ2) is 9.06. The molecule has 2 aromatic rings. The normalized spacial score (nSPS) is 18.2. The lowest BCUT2D eigenvalue weighted by Crippen LogP contribution is -2.49. The predicted molar refractivity (Wildman–Crippen MR) is 120 cm³/mol. The molecule has 1 fully saturated rings. The summed E-state index contributed by atoms with van der Waals surface area (Å²) in [5.74, 6) is -0.389. The number of benzene rings is 2. The molecular formula is C25H31F2N3O2. The summed E-state index contributed by atoms with van der Waals surface area (Å²) >= 11 is 0. The topological polar surface area (TPSA) is 44.8 Å². The molecular weight excluding hydrogens is 412 g/mol. The summed E-state index contributed by atoms with van der Waals surface area (Å²) in [6.45, 7) is 6.32. The maximum Gasteiger partial charge on any atom is 0.318 e. The van der Waals surface area contributed by atoms with Crippen LogP contribution in [0.3, 0.4) is 0 Å². The number of piperidine rings is 1. The molecule has 172 valence electrons. The van der Waals surface area contributed by atoms with Gasteiger partial charge in [0.15, 0.2) is 0 Å². The number of amides is 2. The van der Waals surface area contributed by atoms with Crippen molar-refractivity contribution in [3.63, 3.8) is 0 Å². The van der Waals surface area contributed by atoms with E-state index in [1.165, 1.54) is 17.7 Å². The van der Waals surface area contributed by atoms with Gasteiger partial charge in [-0.15, -0.1) is 0 Å². The van der Waals surface area contributed by atoms with Gasteiger partial charge in [0.25, 0.3) is 0 Å². The highest BCUT2D eigenvalue weighted by molar-refractivity contribution is 5.74. The minimum Gasteiger partial charge on any atom is -0.487 e. The standard InChI is InChI=1S/C25H31F2N3O2/c1-25(2)14-18-5-4-17(12-23(18)32-25)15-28-24(31)30(21-8-10-29(3)11-9-21)16-19-6-7-20(26)13-22(19)27/h4-7,12-13,21H,8-11,14-16H2,1-3H3,(H,28,31). The van der Waals surface area contributed by atoms with E-state index in [1.54, 1.807) is 4.90 Å². The summed E-state index contributed by atoms with van der Waals surface area (Å²) in [4.78, 5) is 17.1. The molecule has 2 aromatic carbocycles. The first kappa shape index (κ1) is 22.5. The fourth-order valence-electron chi connectivity index (χ4n) is 4.53. The number of fused-ring (bicyclic) bond motifs is 1. The van der Waals surface area contributed by atoms with Gasteiger partial charge in [0, 0.05) is 30.6 Å². The van der Waals surface area contributed by atoms with E-state index >= 15 is 0 Å². The van der Waals surface area contributed by atoms with Gasteiger partial charge in [-0.25, -0.2) is 13.6 Å². The van der Waals surface area contributed by atoms with Crippen molar-refractivity contribution in [2.75, 3.05) is 20.1 Å². The molecule has 0 aliphatic carbocycles. The van der Waals surface area contributed by atoms with Gasteiger partial charge < -0.3 is 19.9 Å². The van der Waals surface area contributed by atoms with Crippen LogP contribution in [0, 0.1) is 11.6 Å². The van der Waals surface area contributed by atoms with Crippen LogP contribution in [0.1, 0.15) is 43.4 Å². The summed E-state index contributed by atoms with van der Waals surface area (Å²) < 4.78 is 33.7. The highest BCUT2D eigenvalue weighted by Gasteiger charge is 2.30. The summed E-state index contributed by atoms with van der Waals surface area (Å²) in [5.41, 5.74) is 2.22. The molecule has 5 nitrogen and oxygen atoms in total. The zero-order valence-electron chi connectivity index (χ0n) is 19.0. The molecule has 0 atom stereocenters. The maximum atomic E-state index is 14.3. The van der Waals surface area contributed by atoms with Crippen LogP contribution in [0.5, 0.6) is 5.75 Å². The van der Waals surface area contributed by atoms with Crippen LogP contribution in [0.2, 0.25) is 0 Å². The quantitative estimate of drug-likeness (QED) is 0.741. The number of hydrogen-bond donors (Lipinski definition) is 1. The predicted octanol–water partition coefficient (Wildman–Crippen LogP) is 4.48. The van der Waals surface area contributed by atoms with Crippen LogP contribution >= 0.6 is 0 Å². The van der Waals surface area contributed by atoms with Crippen LogP contribution in [0.15, 0.2) is 36.4 Å². The fraction of sp³-hybridized carbons (Fsp3) is 0.480. The Morgan fingerprint density at radius 2 is 1.94 bits per heavy atom. The largest absolute Gasteiger partial charge is 0.487 e. The van der Waals surface area contributed by atoms with E-state index < -0.39 is 11.6 Å². The Labute approximate surface area is 188 Å². The average molecular weight is 444 g/mol. The van der Waals surface area contributed by atoms with Crippen LogP contribution < -0.4 is 10.1 Å². The van der Waals surface area contributed by atoms with Crippen LogP contribution in [-0.4, -0.2) is 47.6 Å². The van der Waals surface area contributed by atoms with E-state index in [0.29, 0.717) is 12.1 Å². The van der Waals surface area contributed by atoms with Crippen molar-refractivity contribution in [1.29, 1.82) is 0 Å². The smallest absolute Gasteiger partial charge is 0.318 e. The number of hydrogen-bond acceptors (Lipinski definition) is 3. The Bertz CT molecular complexity index is 987. The van der Waals surface area contributed by atoms with Gasteiger partial charge in [0.1, 0.15) is 23.0 Å². The van der Waals surface area contributed by atoms with Gasteiger partial charge in [-0.1, -0.05) is 18.2 Å². The van der Waals surface area contributed by atoms with E-state index in [2.05, 4.69) is 31.1 Å². The first-order valence-electron chi connectivity index (χ1n) is 11.2. The Morgan fingerprint density at radius 1 is 1.19 bits per heavy atom.